The molecule has 0 spiro atoms. The zero-order valence-corrected chi connectivity index (χ0v) is 40.1. The van der Waals surface area contributed by atoms with Gasteiger partial charge >= 0.3 is 7.82 Å². The lowest BCUT2D eigenvalue weighted by atomic mass is 10.0. The third-order valence-electron chi connectivity index (χ3n) is 10.1. The number of nitrogens with zero attached hydrogens (tertiary/aromatic N) is 1. The van der Waals surface area contributed by atoms with Crippen LogP contribution >= 0.6 is 7.82 Å². The van der Waals surface area contributed by atoms with E-state index >= 15 is 0 Å². The van der Waals surface area contributed by atoms with Crippen LogP contribution in [0.2, 0.25) is 0 Å². The number of aliphatic hydroxyl groups excluding tert-OH is 1. The molecule has 0 aromatic carbocycles. The van der Waals surface area contributed by atoms with Gasteiger partial charge in [-0.3, -0.25) is 13.8 Å². The van der Waals surface area contributed by atoms with Gasteiger partial charge in [-0.05, 0) is 70.6 Å². The van der Waals surface area contributed by atoms with Crippen LogP contribution in [0.4, 0.5) is 0 Å². The van der Waals surface area contributed by atoms with Gasteiger partial charge in [0.1, 0.15) is 13.2 Å². The Kier molecular flexibility index (Phi) is 40.4. The second-order valence-corrected chi connectivity index (χ2v) is 18.5. The number of quaternary nitrogens is 1. The number of rotatable bonds is 42. The van der Waals surface area contributed by atoms with E-state index in [-0.39, 0.29) is 25.5 Å². The van der Waals surface area contributed by atoms with E-state index in [2.05, 4.69) is 92.1 Å². The van der Waals surface area contributed by atoms with Crippen LogP contribution in [-0.4, -0.2) is 73.4 Å². The van der Waals surface area contributed by atoms with Crippen LogP contribution in [0.5, 0.6) is 0 Å². The average Bonchev–Trinajstić information content (AvgIpc) is 3.20. The lowest BCUT2D eigenvalue weighted by Crippen LogP contribution is -2.45. The number of phosphoric ester groups is 1. The minimum absolute atomic E-state index is 0.0412. The number of amides is 1. The van der Waals surface area contributed by atoms with E-state index in [9.17, 15) is 19.4 Å². The first-order chi connectivity index (χ1) is 29.0. The quantitative estimate of drug-likeness (QED) is 0.0244. The molecular weight excluding hydrogens is 768 g/mol. The smallest absolute Gasteiger partial charge is 0.387 e. The van der Waals surface area contributed by atoms with Crippen molar-refractivity contribution in [1.29, 1.82) is 0 Å². The van der Waals surface area contributed by atoms with Crippen LogP contribution in [0.15, 0.2) is 85.1 Å². The highest BCUT2D eigenvalue weighted by atomic mass is 31.2. The van der Waals surface area contributed by atoms with Crippen molar-refractivity contribution in [2.45, 2.75) is 193 Å². The summed E-state index contributed by atoms with van der Waals surface area (Å²) in [5, 5.41) is 13.8. The van der Waals surface area contributed by atoms with E-state index in [1.807, 2.05) is 27.2 Å². The minimum atomic E-state index is -4.37. The minimum Gasteiger partial charge on any atom is -0.387 e. The maximum Gasteiger partial charge on any atom is 0.472 e. The molecule has 3 unspecified atom stereocenters. The van der Waals surface area contributed by atoms with Crippen LogP contribution in [0.25, 0.3) is 0 Å². The highest BCUT2D eigenvalue weighted by molar-refractivity contribution is 7.47. The Morgan fingerprint density at radius 2 is 1.02 bits per heavy atom. The van der Waals surface area contributed by atoms with E-state index in [1.54, 1.807) is 6.08 Å². The van der Waals surface area contributed by atoms with Gasteiger partial charge in [-0.25, -0.2) is 4.57 Å². The fraction of sp³-hybridized carbons (Fsp3) is 0.706. The molecule has 0 saturated carbocycles. The van der Waals surface area contributed by atoms with Crippen molar-refractivity contribution >= 4 is 13.7 Å². The number of hydrogen-bond acceptors (Lipinski definition) is 5. The second-order valence-electron chi connectivity index (χ2n) is 17.1. The number of phosphoric acid groups is 1. The Balaban J connectivity index is 4.52. The number of allylic oxidation sites excluding steroid dienone is 13. The molecule has 60 heavy (non-hydrogen) atoms. The topological polar surface area (TPSA) is 105 Å². The van der Waals surface area contributed by atoms with Gasteiger partial charge in [0.05, 0.1) is 39.9 Å². The number of hydrogen-bond donors (Lipinski definition) is 3. The van der Waals surface area contributed by atoms with Gasteiger partial charge in [0.15, 0.2) is 0 Å². The van der Waals surface area contributed by atoms with E-state index in [0.717, 1.165) is 57.8 Å². The molecule has 0 heterocycles. The van der Waals surface area contributed by atoms with Crippen molar-refractivity contribution in [3.05, 3.63) is 85.1 Å². The predicted octanol–water partition coefficient (Wildman–Crippen LogP) is 13.7. The SMILES string of the molecule is CC/C=C\C/C=C\C/C=C\C/C=C\C/C=C\CCCC(=O)NC(COP(=O)(O)OCC[N+](C)(C)C)C(O)/C=C/CC/C=C/CCCCCCCCCCCCCCCCC. The summed E-state index contributed by atoms with van der Waals surface area (Å²) < 4.78 is 23.5. The highest BCUT2D eigenvalue weighted by Gasteiger charge is 2.27. The van der Waals surface area contributed by atoms with Crippen LogP contribution in [0, 0.1) is 0 Å². The van der Waals surface area contributed by atoms with Gasteiger partial charge in [0.2, 0.25) is 5.91 Å². The largest absolute Gasteiger partial charge is 0.472 e. The maximum atomic E-state index is 12.9. The summed E-state index contributed by atoms with van der Waals surface area (Å²) in [6, 6.07) is -0.898. The molecule has 0 radical (unpaired) electrons. The van der Waals surface area contributed by atoms with Crippen molar-refractivity contribution < 1.29 is 32.9 Å². The van der Waals surface area contributed by atoms with Gasteiger partial charge in [-0.2, -0.15) is 0 Å². The number of likely N-dealkylation sites (N-methyl/N-ethyl adjacent to an activating group) is 1. The molecule has 0 fully saturated rings. The Morgan fingerprint density at radius 1 is 0.583 bits per heavy atom. The highest BCUT2D eigenvalue weighted by Crippen LogP contribution is 2.43. The van der Waals surface area contributed by atoms with Crippen LogP contribution in [0.3, 0.4) is 0 Å². The molecule has 1 amide bonds. The summed E-state index contributed by atoms with van der Waals surface area (Å²) in [4.78, 5) is 23.1. The van der Waals surface area contributed by atoms with Crippen LogP contribution < -0.4 is 5.32 Å². The summed E-state index contributed by atoms with van der Waals surface area (Å²) in [6.07, 6.45) is 58.2. The van der Waals surface area contributed by atoms with Gasteiger partial charge in [-0.1, -0.05) is 189 Å². The lowest BCUT2D eigenvalue weighted by Gasteiger charge is -2.25. The number of aliphatic hydroxyl groups is 1. The maximum absolute atomic E-state index is 12.9. The standard InChI is InChI=1S/C51H91N2O6P/c1-6-8-10-12-14-16-18-20-22-24-25-26-27-29-30-32-34-36-38-40-42-44-50(54)49(48-59-60(56,57)58-47-46-53(3,4)5)52-51(55)45-43-41-39-37-35-33-31-28-23-21-19-17-15-13-11-9-7-2/h9,11,15,17,21,23,31,33-34,36-37,39,42,44,49-50,54H,6-8,10,12-14,16,18-20,22,24-30,32,35,38,40-41,43,45-48H2,1-5H3,(H-,52,55,56,57)/p+1/b11-9-,17-15-,23-21-,33-31-,36-34+,39-37-,44-42+. The van der Waals surface area contributed by atoms with Gasteiger partial charge in [0, 0.05) is 6.42 Å². The van der Waals surface area contributed by atoms with Crippen molar-refractivity contribution in [3.8, 4) is 0 Å². The normalized spacial score (nSPS) is 15.0. The fourth-order valence-electron chi connectivity index (χ4n) is 6.33. The summed E-state index contributed by atoms with van der Waals surface area (Å²) in [7, 11) is 1.51. The molecule has 0 bridgehead atoms. The Labute approximate surface area is 369 Å². The number of carbonyl (C=O) groups is 1. The molecule has 8 nitrogen and oxygen atoms in total. The molecule has 0 saturated heterocycles. The first kappa shape index (κ1) is 57.7. The molecule has 0 rings (SSSR count). The van der Waals surface area contributed by atoms with Crippen molar-refractivity contribution in [2.24, 2.45) is 0 Å². The molecular formula is C51H92N2O6P+. The van der Waals surface area contributed by atoms with E-state index in [4.69, 9.17) is 9.05 Å². The number of carbonyl (C=O) groups excluding carboxylic acids is 1. The average molecular weight is 860 g/mol. The molecule has 0 aromatic rings. The molecule has 9 heteroatoms. The molecule has 3 N–H and O–H groups in total. The summed E-state index contributed by atoms with van der Waals surface area (Å²) in [5.74, 6) is -0.246. The van der Waals surface area contributed by atoms with Gasteiger partial charge < -0.3 is 19.8 Å². The van der Waals surface area contributed by atoms with Crippen molar-refractivity contribution in [3.63, 3.8) is 0 Å². The Bertz CT molecular complexity index is 1250. The molecule has 0 aliphatic heterocycles. The summed E-state index contributed by atoms with van der Waals surface area (Å²) >= 11 is 0. The molecule has 0 aliphatic carbocycles. The Morgan fingerprint density at radius 3 is 1.53 bits per heavy atom. The number of unbranched alkanes of at least 4 members (excludes halogenated alkanes) is 17. The zero-order chi connectivity index (χ0) is 44.3. The monoisotopic (exact) mass is 860 g/mol. The fourth-order valence-corrected chi connectivity index (χ4v) is 7.06. The van der Waals surface area contributed by atoms with Crippen LogP contribution in [0.1, 0.15) is 181 Å². The Hall–Kier alpha value is -2.32. The molecule has 0 aromatic heterocycles. The van der Waals surface area contributed by atoms with Gasteiger partial charge in [-0.15, -0.1) is 0 Å². The van der Waals surface area contributed by atoms with Crippen LogP contribution in [-0.2, 0) is 18.4 Å². The van der Waals surface area contributed by atoms with E-state index < -0.39 is 20.0 Å². The second kappa shape index (κ2) is 42.0. The zero-order valence-electron chi connectivity index (χ0n) is 39.2. The summed E-state index contributed by atoms with van der Waals surface area (Å²) in [6.45, 7) is 4.62. The third kappa shape index (κ3) is 43.8. The molecule has 346 valence electrons. The third-order valence-corrected chi connectivity index (χ3v) is 11.1. The number of nitrogens with one attached hydrogen (secondary N) is 1. The van der Waals surface area contributed by atoms with Crippen molar-refractivity contribution in [1.82, 2.24) is 5.32 Å². The van der Waals surface area contributed by atoms with E-state index in [1.165, 1.54) is 96.3 Å². The molecule has 3 atom stereocenters. The van der Waals surface area contributed by atoms with Crippen molar-refractivity contribution in [2.75, 3.05) is 40.9 Å². The lowest BCUT2D eigenvalue weighted by molar-refractivity contribution is -0.870. The summed E-state index contributed by atoms with van der Waals surface area (Å²) in [5.41, 5.74) is 0. The van der Waals surface area contributed by atoms with Gasteiger partial charge in [0.25, 0.3) is 0 Å². The first-order valence-electron chi connectivity index (χ1n) is 24.0. The predicted molar refractivity (Wildman–Crippen MR) is 258 cm³/mol. The first-order valence-corrected chi connectivity index (χ1v) is 25.5. The van der Waals surface area contributed by atoms with E-state index in [0.29, 0.717) is 17.4 Å². The molecule has 0 aliphatic rings.